The van der Waals surface area contributed by atoms with Gasteiger partial charge >= 0.3 is 0 Å². The van der Waals surface area contributed by atoms with E-state index in [1.165, 1.54) is 0 Å². The normalized spacial score (nSPS) is 10.5. The van der Waals surface area contributed by atoms with Crippen LogP contribution in [0.1, 0.15) is 19.7 Å². The number of imidazole rings is 1. The molecular formula is C8H15N3. The lowest BCUT2D eigenvalue weighted by molar-refractivity contribution is 0.687. The van der Waals surface area contributed by atoms with Crippen LogP contribution in [0.2, 0.25) is 0 Å². The van der Waals surface area contributed by atoms with Crippen molar-refractivity contribution < 1.29 is 0 Å². The molecule has 0 aliphatic rings. The van der Waals surface area contributed by atoms with Crippen LogP contribution in [-0.2, 0) is 0 Å². The number of hydrogen-bond acceptors (Lipinski definition) is 2. The zero-order valence-corrected chi connectivity index (χ0v) is 7.31. The predicted molar refractivity (Wildman–Crippen MR) is 46.7 cm³/mol. The minimum Gasteiger partial charge on any atom is -0.370 e. The Morgan fingerprint density at radius 1 is 1.64 bits per heavy atom. The second-order valence-corrected chi connectivity index (χ2v) is 3.16. The molecule has 0 saturated carbocycles. The van der Waals surface area contributed by atoms with E-state index in [0.29, 0.717) is 5.92 Å². The van der Waals surface area contributed by atoms with Crippen LogP contribution in [0.3, 0.4) is 0 Å². The van der Waals surface area contributed by atoms with Crippen LogP contribution < -0.4 is 5.32 Å². The Balaban J connectivity index is 2.39. The first-order valence-corrected chi connectivity index (χ1v) is 3.94. The molecule has 3 nitrogen and oxygen atoms in total. The van der Waals surface area contributed by atoms with Crippen molar-refractivity contribution in [2.24, 2.45) is 5.92 Å². The van der Waals surface area contributed by atoms with Gasteiger partial charge in [-0.2, -0.15) is 0 Å². The first-order chi connectivity index (χ1) is 5.18. The van der Waals surface area contributed by atoms with Gasteiger partial charge in [-0.25, -0.2) is 4.98 Å². The van der Waals surface area contributed by atoms with E-state index in [1.54, 1.807) is 0 Å². The molecule has 1 rings (SSSR count). The highest BCUT2D eigenvalue weighted by molar-refractivity contribution is 5.31. The Kier molecular flexibility index (Phi) is 2.52. The molecule has 0 aliphatic heterocycles. The fourth-order valence-corrected chi connectivity index (χ4v) is 0.825. The fourth-order valence-electron chi connectivity index (χ4n) is 0.825. The third-order valence-electron chi connectivity index (χ3n) is 1.40. The van der Waals surface area contributed by atoms with E-state index in [-0.39, 0.29) is 0 Å². The van der Waals surface area contributed by atoms with E-state index < -0.39 is 0 Å². The topological polar surface area (TPSA) is 40.7 Å². The summed E-state index contributed by atoms with van der Waals surface area (Å²) < 4.78 is 0. The minimum absolute atomic E-state index is 0.665. The number of aromatic amines is 1. The Bertz CT molecular complexity index is 215. The van der Waals surface area contributed by atoms with Gasteiger partial charge in [-0.15, -0.1) is 0 Å². The fraction of sp³-hybridized carbons (Fsp3) is 0.625. The molecule has 0 aromatic carbocycles. The van der Waals surface area contributed by atoms with E-state index in [1.807, 2.05) is 13.1 Å². The van der Waals surface area contributed by atoms with Crippen molar-refractivity contribution in [1.82, 2.24) is 9.97 Å². The maximum absolute atomic E-state index is 4.08. The average Bonchev–Trinajstić information content (AvgIpc) is 2.31. The van der Waals surface area contributed by atoms with Crippen LogP contribution in [-0.4, -0.2) is 16.5 Å². The Morgan fingerprint density at radius 3 is 2.82 bits per heavy atom. The molecule has 0 saturated heterocycles. The second kappa shape index (κ2) is 3.42. The van der Waals surface area contributed by atoms with Crippen LogP contribution in [0.5, 0.6) is 0 Å². The van der Waals surface area contributed by atoms with Crippen molar-refractivity contribution in [1.29, 1.82) is 0 Å². The maximum Gasteiger partial charge on any atom is 0.123 e. The van der Waals surface area contributed by atoms with Crippen molar-refractivity contribution in [3.05, 3.63) is 12.0 Å². The third-order valence-corrected chi connectivity index (χ3v) is 1.40. The summed E-state index contributed by atoms with van der Waals surface area (Å²) in [5.74, 6) is 2.63. The number of aryl methyl sites for hydroxylation is 1. The molecule has 2 N–H and O–H groups in total. The van der Waals surface area contributed by atoms with Gasteiger partial charge in [-0.3, -0.25) is 0 Å². The molecule has 1 aromatic rings. The lowest BCUT2D eigenvalue weighted by atomic mass is 10.2. The monoisotopic (exact) mass is 153 g/mol. The number of nitrogens with zero attached hydrogens (tertiary/aromatic N) is 1. The van der Waals surface area contributed by atoms with Gasteiger partial charge in [0.15, 0.2) is 0 Å². The van der Waals surface area contributed by atoms with Gasteiger partial charge < -0.3 is 10.3 Å². The molecule has 0 radical (unpaired) electrons. The highest BCUT2D eigenvalue weighted by Gasteiger charge is 1.96. The summed E-state index contributed by atoms with van der Waals surface area (Å²) in [7, 11) is 0. The van der Waals surface area contributed by atoms with E-state index in [0.717, 1.165) is 18.2 Å². The van der Waals surface area contributed by atoms with Gasteiger partial charge in [0.1, 0.15) is 11.6 Å². The highest BCUT2D eigenvalue weighted by Crippen LogP contribution is 2.02. The first kappa shape index (κ1) is 8.11. The van der Waals surface area contributed by atoms with Crippen LogP contribution in [0, 0.1) is 12.8 Å². The van der Waals surface area contributed by atoms with Crippen LogP contribution in [0.4, 0.5) is 5.82 Å². The number of hydrogen-bond donors (Lipinski definition) is 2. The molecule has 1 aromatic heterocycles. The van der Waals surface area contributed by atoms with E-state index in [2.05, 4.69) is 29.1 Å². The van der Waals surface area contributed by atoms with Crippen molar-refractivity contribution >= 4 is 5.82 Å². The predicted octanol–water partition coefficient (Wildman–Crippen LogP) is 1.79. The number of H-pyrrole nitrogens is 1. The lowest BCUT2D eigenvalue weighted by Gasteiger charge is -2.05. The smallest absolute Gasteiger partial charge is 0.123 e. The molecule has 0 atom stereocenters. The number of rotatable bonds is 3. The molecule has 0 unspecified atom stereocenters. The Hall–Kier alpha value is -0.990. The van der Waals surface area contributed by atoms with Gasteiger partial charge in [0.25, 0.3) is 0 Å². The maximum atomic E-state index is 4.08. The molecule has 0 bridgehead atoms. The number of aromatic nitrogens is 2. The zero-order valence-electron chi connectivity index (χ0n) is 7.31. The van der Waals surface area contributed by atoms with Gasteiger partial charge in [0.2, 0.25) is 0 Å². The number of anilines is 1. The molecule has 1 heterocycles. The zero-order chi connectivity index (χ0) is 8.27. The van der Waals surface area contributed by atoms with Gasteiger partial charge in [0.05, 0.1) is 6.20 Å². The molecular weight excluding hydrogens is 138 g/mol. The van der Waals surface area contributed by atoms with Crippen LogP contribution in [0.15, 0.2) is 6.20 Å². The summed E-state index contributed by atoms with van der Waals surface area (Å²) >= 11 is 0. The molecule has 0 aliphatic carbocycles. The summed E-state index contributed by atoms with van der Waals surface area (Å²) in [4.78, 5) is 7.19. The SMILES string of the molecule is Cc1ncc(NCC(C)C)[nH]1. The third kappa shape index (κ3) is 2.62. The van der Waals surface area contributed by atoms with Crippen molar-refractivity contribution in [2.45, 2.75) is 20.8 Å². The number of nitrogens with one attached hydrogen (secondary N) is 2. The summed E-state index contributed by atoms with van der Waals surface area (Å²) in [6.07, 6.45) is 1.82. The Labute approximate surface area is 67.2 Å². The summed E-state index contributed by atoms with van der Waals surface area (Å²) in [5, 5.41) is 3.25. The molecule has 3 heteroatoms. The van der Waals surface area contributed by atoms with Gasteiger partial charge in [-0.05, 0) is 12.8 Å². The molecule has 0 fully saturated rings. The lowest BCUT2D eigenvalue weighted by Crippen LogP contribution is -2.07. The van der Waals surface area contributed by atoms with E-state index >= 15 is 0 Å². The van der Waals surface area contributed by atoms with Crippen LogP contribution >= 0.6 is 0 Å². The summed E-state index contributed by atoms with van der Waals surface area (Å²) in [6, 6.07) is 0. The van der Waals surface area contributed by atoms with Crippen molar-refractivity contribution in [3.8, 4) is 0 Å². The second-order valence-electron chi connectivity index (χ2n) is 3.16. The first-order valence-electron chi connectivity index (χ1n) is 3.94. The molecule has 0 amide bonds. The van der Waals surface area contributed by atoms with E-state index in [4.69, 9.17) is 0 Å². The summed E-state index contributed by atoms with van der Waals surface area (Å²) in [6.45, 7) is 7.29. The highest BCUT2D eigenvalue weighted by atomic mass is 15.1. The quantitative estimate of drug-likeness (QED) is 0.695. The molecule has 62 valence electrons. The van der Waals surface area contributed by atoms with E-state index in [9.17, 15) is 0 Å². The average molecular weight is 153 g/mol. The summed E-state index contributed by atoms with van der Waals surface area (Å²) in [5.41, 5.74) is 0. The minimum atomic E-state index is 0.665. The van der Waals surface area contributed by atoms with Gasteiger partial charge in [0, 0.05) is 6.54 Å². The van der Waals surface area contributed by atoms with Crippen LogP contribution in [0.25, 0.3) is 0 Å². The van der Waals surface area contributed by atoms with Gasteiger partial charge in [-0.1, -0.05) is 13.8 Å². The largest absolute Gasteiger partial charge is 0.370 e. The Morgan fingerprint density at radius 2 is 2.36 bits per heavy atom. The molecule has 11 heavy (non-hydrogen) atoms. The molecule has 0 spiro atoms. The standard InChI is InChI=1S/C8H15N3/c1-6(2)4-10-8-5-9-7(3)11-8/h5-6,10H,4H2,1-3H3,(H,9,11). The van der Waals surface area contributed by atoms with Crippen molar-refractivity contribution in [3.63, 3.8) is 0 Å². The van der Waals surface area contributed by atoms with Crippen molar-refractivity contribution in [2.75, 3.05) is 11.9 Å².